The zero-order valence-electron chi connectivity index (χ0n) is 7.79. The van der Waals surface area contributed by atoms with Gasteiger partial charge in [0.05, 0.1) is 0 Å². The first kappa shape index (κ1) is 9.21. The maximum Gasteiger partial charge on any atom is 0.127 e. The highest BCUT2D eigenvalue weighted by Crippen LogP contribution is 2.16. The Morgan fingerprint density at radius 2 is 2.00 bits per heavy atom. The molecule has 1 aliphatic heterocycles. The zero-order chi connectivity index (χ0) is 9.80. The Labute approximate surface area is 82.4 Å². The number of nitrogens with one attached hydrogen (secondary N) is 1. The van der Waals surface area contributed by atoms with Crippen molar-refractivity contribution < 1.29 is 9.13 Å². The molecule has 2 rings (SSSR count). The molecule has 0 aromatic heterocycles. The summed E-state index contributed by atoms with van der Waals surface area (Å²) in [5.41, 5.74) is 0. The van der Waals surface area contributed by atoms with Gasteiger partial charge in [0, 0.05) is 19.5 Å². The monoisotopic (exact) mass is 193 g/mol. The molecule has 0 amide bonds. The summed E-state index contributed by atoms with van der Waals surface area (Å²) in [7, 11) is 0. The van der Waals surface area contributed by atoms with E-state index in [4.69, 9.17) is 4.74 Å². The Morgan fingerprint density at radius 3 is 2.64 bits per heavy atom. The van der Waals surface area contributed by atoms with Crippen molar-refractivity contribution in [1.29, 1.82) is 0 Å². The molecule has 0 unspecified atom stereocenters. The predicted octanol–water partition coefficient (Wildman–Crippen LogP) is 2.08. The lowest BCUT2D eigenvalue weighted by atomic mass is 10.2. The van der Waals surface area contributed by atoms with Gasteiger partial charge in [-0.3, -0.25) is 0 Å². The van der Waals surface area contributed by atoms with Crippen LogP contribution in [0.5, 0.6) is 5.75 Å². The molecule has 1 aromatic rings. The first-order chi connectivity index (χ1) is 6.84. The number of ether oxygens (including phenoxy) is 1. The minimum absolute atomic E-state index is 0.239. The van der Waals surface area contributed by atoms with E-state index in [9.17, 15) is 4.39 Å². The van der Waals surface area contributed by atoms with Gasteiger partial charge >= 0.3 is 0 Å². The largest absolute Gasteiger partial charge is 0.462 e. The van der Waals surface area contributed by atoms with Crippen LogP contribution in [-0.4, -0.2) is 13.1 Å². The molecule has 1 aromatic carbocycles. The van der Waals surface area contributed by atoms with Crippen molar-refractivity contribution in [2.24, 2.45) is 0 Å². The zero-order valence-corrected chi connectivity index (χ0v) is 7.79. The van der Waals surface area contributed by atoms with Crippen LogP contribution in [0.2, 0.25) is 0 Å². The second kappa shape index (κ2) is 4.24. The van der Waals surface area contributed by atoms with Gasteiger partial charge in [-0.1, -0.05) is 0 Å². The summed E-state index contributed by atoms with van der Waals surface area (Å²) in [6.07, 6.45) is 2.89. The Bertz CT molecular complexity index is 332. The van der Waals surface area contributed by atoms with E-state index in [1.807, 2.05) is 6.08 Å². The standard InChI is InChI=1S/C11H12FNO/c12-9-1-3-10(4-2-9)14-11-5-7-13-8-6-11/h1-5,13H,6-8H2. The molecule has 74 valence electrons. The quantitative estimate of drug-likeness (QED) is 0.776. The molecule has 1 heterocycles. The van der Waals surface area contributed by atoms with E-state index in [2.05, 4.69) is 5.32 Å². The minimum Gasteiger partial charge on any atom is -0.462 e. The average Bonchev–Trinajstić information content (AvgIpc) is 2.23. The van der Waals surface area contributed by atoms with Gasteiger partial charge in [-0.15, -0.1) is 0 Å². The van der Waals surface area contributed by atoms with E-state index < -0.39 is 0 Å². The molecule has 0 saturated carbocycles. The summed E-state index contributed by atoms with van der Waals surface area (Å²) in [5.74, 6) is 1.41. The lowest BCUT2D eigenvalue weighted by Crippen LogP contribution is -2.22. The van der Waals surface area contributed by atoms with Gasteiger partial charge in [-0.25, -0.2) is 4.39 Å². The van der Waals surface area contributed by atoms with Crippen molar-refractivity contribution in [1.82, 2.24) is 5.32 Å². The first-order valence-electron chi connectivity index (χ1n) is 4.68. The van der Waals surface area contributed by atoms with Crippen LogP contribution >= 0.6 is 0 Å². The van der Waals surface area contributed by atoms with Crippen molar-refractivity contribution in [3.8, 4) is 5.75 Å². The Hall–Kier alpha value is -1.35. The van der Waals surface area contributed by atoms with Gasteiger partial charge in [0.25, 0.3) is 0 Å². The summed E-state index contributed by atoms with van der Waals surface area (Å²) in [6, 6.07) is 6.07. The molecule has 0 spiro atoms. The normalized spacial score (nSPS) is 16.2. The van der Waals surface area contributed by atoms with Crippen molar-refractivity contribution in [3.63, 3.8) is 0 Å². The Balaban J connectivity index is 2.03. The van der Waals surface area contributed by atoms with Gasteiger partial charge in [0.15, 0.2) is 0 Å². The molecule has 1 N–H and O–H groups in total. The molecule has 2 nitrogen and oxygen atoms in total. The summed E-state index contributed by atoms with van der Waals surface area (Å²) >= 11 is 0. The van der Waals surface area contributed by atoms with Crippen molar-refractivity contribution >= 4 is 0 Å². The van der Waals surface area contributed by atoms with Crippen molar-refractivity contribution in [3.05, 3.63) is 41.9 Å². The maximum atomic E-state index is 12.6. The molecular formula is C11H12FNO. The van der Waals surface area contributed by atoms with Gasteiger partial charge in [-0.05, 0) is 30.3 Å². The van der Waals surface area contributed by atoms with Crippen molar-refractivity contribution in [2.45, 2.75) is 6.42 Å². The Kier molecular flexibility index (Phi) is 2.79. The predicted molar refractivity (Wildman–Crippen MR) is 52.6 cm³/mol. The second-order valence-electron chi connectivity index (χ2n) is 3.18. The fourth-order valence-corrected chi connectivity index (χ4v) is 1.35. The van der Waals surface area contributed by atoms with E-state index >= 15 is 0 Å². The highest BCUT2D eigenvalue weighted by Gasteiger charge is 2.04. The molecule has 0 fully saturated rings. The van der Waals surface area contributed by atoms with Crippen molar-refractivity contribution in [2.75, 3.05) is 13.1 Å². The third kappa shape index (κ3) is 2.33. The molecule has 0 atom stereocenters. The lowest BCUT2D eigenvalue weighted by Gasteiger charge is -2.14. The van der Waals surface area contributed by atoms with E-state index in [0.29, 0.717) is 5.75 Å². The minimum atomic E-state index is -0.239. The fourth-order valence-electron chi connectivity index (χ4n) is 1.35. The SMILES string of the molecule is Fc1ccc(OC2=CCNCC2)cc1. The fraction of sp³-hybridized carbons (Fsp3) is 0.273. The number of halogens is 1. The Morgan fingerprint density at radius 1 is 1.21 bits per heavy atom. The second-order valence-corrected chi connectivity index (χ2v) is 3.18. The highest BCUT2D eigenvalue weighted by molar-refractivity contribution is 5.24. The van der Waals surface area contributed by atoms with Gasteiger partial charge in [0.1, 0.15) is 17.3 Å². The van der Waals surface area contributed by atoms with Gasteiger partial charge in [-0.2, -0.15) is 0 Å². The van der Waals surface area contributed by atoms with E-state index in [1.165, 1.54) is 12.1 Å². The first-order valence-corrected chi connectivity index (χ1v) is 4.68. The van der Waals surface area contributed by atoms with Crippen LogP contribution in [0.15, 0.2) is 36.1 Å². The van der Waals surface area contributed by atoms with Crippen LogP contribution in [-0.2, 0) is 0 Å². The lowest BCUT2D eigenvalue weighted by molar-refractivity contribution is 0.387. The topological polar surface area (TPSA) is 21.3 Å². The summed E-state index contributed by atoms with van der Waals surface area (Å²) in [5, 5.41) is 3.19. The van der Waals surface area contributed by atoms with Crippen LogP contribution in [0.4, 0.5) is 4.39 Å². The maximum absolute atomic E-state index is 12.6. The molecule has 1 aliphatic rings. The van der Waals surface area contributed by atoms with Crippen LogP contribution in [0.1, 0.15) is 6.42 Å². The van der Waals surface area contributed by atoms with Crippen LogP contribution in [0.25, 0.3) is 0 Å². The average molecular weight is 193 g/mol. The summed E-state index contributed by atoms with van der Waals surface area (Å²) in [4.78, 5) is 0. The van der Waals surface area contributed by atoms with Gasteiger partial charge in [0.2, 0.25) is 0 Å². The smallest absolute Gasteiger partial charge is 0.127 e. The number of hydrogen-bond donors (Lipinski definition) is 1. The van der Waals surface area contributed by atoms with Crippen LogP contribution in [0, 0.1) is 5.82 Å². The third-order valence-corrected chi connectivity index (χ3v) is 2.08. The molecule has 0 aliphatic carbocycles. The number of hydrogen-bond acceptors (Lipinski definition) is 2. The molecular weight excluding hydrogens is 181 g/mol. The summed E-state index contributed by atoms with van der Waals surface area (Å²) < 4.78 is 18.1. The summed E-state index contributed by atoms with van der Waals surface area (Å²) in [6.45, 7) is 1.78. The number of benzene rings is 1. The highest BCUT2D eigenvalue weighted by atomic mass is 19.1. The molecule has 3 heteroatoms. The molecule has 0 radical (unpaired) electrons. The molecule has 0 bridgehead atoms. The third-order valence-electron chi connectivity index (χ3n) is 2.08. The number of rotatable bonds is 2. The van der Waals surface area contributed by atoms with Crippen LogP contribution < -0.4 is 10.1 Å². The van der Waals surface area contributed by atoms with E-state index in [0.717, 1.165) is 25.3 Å². The van der Waals surface area contributed by atoms with Gasteiger partial charge < -0.3 is 10.1 Å². The van der Waals surface area contributed by atoms with E-state index in [1.54, 1.807) is 12.1 Å². The van der Waals surface area contributed by atoms with E-state index in [-0.39, 0.29) is 5.82 Å². The van der Waals surface area contributed by atoms with Crippen LogP contribution in [0.3, 0.4) is 0 Å². The molecule has 0 saturated heterocycles. The molecule has 14 heavy (non-hydrogen) atoms.